The summed E-state index contributed by atoms with van der Waals surface area (Å²) in [7, 11) is -3.33. The monoisotopic (exact) mass is 260 g/mol. The van der Waals surface area contributed by atoms with E-state index in [0.717, 1.165) is 25.7 Å². The topological polar surface area (TPSA) is 80.5 Å². The maximum atomic E-state index is 12.1. The van der Waals surface area contributed by atoms with Crippen molar-refractivity contribution in [2.24, 2.45) is 11.7 Å². The van der Waals surface area contributed by atoms with Crippen molar-refractivity contribution in [3.05, 3.63) is 0 Å². The minimum absolute atomic E-state index is 0.00574. The number of nitrogens with zero attached hydrogens (tertiary/aromatic N) is 1. The van der Waals surface area contributed by atoms with E-state index in [9.17, 15) is 13.2 Å². The van der Waals surface area contributed by atoms with Crippen LogP contribution in [0.5, 0.6) is 0 Å². The van der Waals surface area contributed by atoms with Gasteiger partial charge in [0.1, 0.15) is 6.04 Å². The first-order chi connectivity index (χ1) is 7.97. The van der Waals surface area contributed by atoms with Crippen LogP contribution in [0.3, 0.4) is 0 Å². The van der Waals surface area contributed by atoms with E-state index in [1.54, 1.807) is 6.92 Å². The molecule has 6 heteroatoms. The van der Waals surface area contributed by atoms with E-state index >= 15 is 0 Å². The number of hydrogen-bond acceptors (Lipinski definition) is 3. The maximum Gasteiger partial charge on any atom is 0.235 e. The molecule has 0 bridgehead atoms. The van der Waals surface area contributed by atoms with E-state index in [2.05, 4.69) is 0 Å². The summed E-state index contributed by atoms with van der Waals surface area (Å²) >= 11 is 0. The summed E-state index contributed by atoms with van der Waals surface area (Å²) in [4.78, 5) is 11.4. The second kappa shape index (κ2) is 4.57. The average Bonchev–Trinajstić information content (AvgIpc) is 2.69. The fourth-order valence-electron chi connectivity index (χ4n) is 3.21. The summed E-state index contributed by atoms with van der Waals surface area (Å²) in [5.41, 5.74) is 5.35. The highest BCUT2D eigenvalue weighted by Crippen LogP contribution is 2.41. The molecule has 2 N–H and O–H groups in total. The van der Waals surface area contributed by atoms with Gasteiger partial charge in [-0.1, -0.05) is 12.8 Å². The highest BCUT2D eigenvalue weighted by Gasteiger charge is 2.49. The fraction of sp³-hybridized carbons (Fsp3) is 0.909. The van der Waals surface area contributed by atoms with Gasteiger partial charge in [-0.3, -0.25) is 4.79 Å². The Balaban J connectivity index is 2.33. The molecule has 17 heavy (non-hydrogen) atoms. The van der Waals surface area contributed by atoms with Gasteiger partial charge in [0.2, 0.25) is 15.9 Å². The quantitative estimate of drug-likeness (QED) is 0.800. The number of fused-ring (bicyclic) bond motifs is 1. The van der Waals surface area contributed by atoms with E-state index in [-0.39, 0.29) is 11.8 Å². The Labute approximate surface area is 102 Å². The van der Waals surface area contributed by atoms with Crippen LogP contribution in [0.2, 0.25) is 0 Å². The van der Waals surface area contributed by atoms with Crippen LogP contribution in [0.1, 0.15) is 39.0 Å². The maximum absolute atomic E-state index is 12.1. The standard InChI is InChI=1S/C11H20N2O3S/c1-2-17(15,16)13-9-6-4-3-5-8(9)7-10(13)11(12)14/h8-10H,2-7H2,1H3,(H2,12,14)/t8-,9+,10-/m0/s1. The van der Waals surface area contributed by atoms with Gasteiger partial charge in [-0.2, -0.15) is 4.31 Å². The van der Waals surface area contributed by atoms with Gasteiger partial charge in [0.05, 0.1) is 5.75 Å². The van der Waals surface area contributed by atoms with Crippen molar-refractivity contribution in [1.29, 1.82) is 0 Å². The molecular weight excluding hydrogens is 240 g/mol. The molecule has 1 aliphatic heterocycles. The van der Waals surface area contributed by atoms with Crippen molar-refractivity contribution in [2.45, 2.75) is 51.1 Å². The molecule has 0 spiro atoms. The molecule has 1 amide bonds. The van der Waals surface area contributed by atoms with Crippen LogP contribution in [0.4, 0.5) is 0 Å². The second-order valence-electron chi connectivity index (χ2n) is 5.00. The smallest absolute Gasteiger partial charge is 0.235 e. The third kappa shape index (κ3) is 2.20. The van der Waals surface area contributed by atoms with Gasteiger partial charge in [0.25, 0.3) is 0 Å². The molecule has 1 saturated carbocycles. The summed E-state index contributed by atoms with van der Waals surface area (Å²) in [6, 6.07) is -0.612. The summed E-state index contributed by atoms with van der Waals surface area (Å²) in [5.74, 6) is -0.140. The number of sulfonamides is 1. The molecule has 5 nitrogen and oxygen atoms in total. The van der Waals surface area contributed by atoms with Crippen molar-refractivity contribution in [2.75, 3.05) is 5.75 Å². The number of primary amides is 1. The molecule has 0 aromatic carbocycles. The van der Waals surface area contributed by atoms with Gasteiger partial charge >= 0.3 is 0 Å². The minimum atomic E-state index is -3.33. The summed E-state index contributed by atoms with van der Waals surface area (Å²) < 4.78 is 25.6. The summed E-state index contributed by atoms with van der Waals surface area (Å²) in [6.45, 7) is 1.61. The number of amides is 1. The number of carbonyl (C=O) groups excluding carboxylic acids is 1. The number of rotatable bonds is 3. The molecule has 98 valence electrons. The summed E-state index contributed by atoms with van der Waals surface area (Å²) in [5, 5.41) is 0. The Morgan fingerprint density at radius 3 is 2.59 bits per heavy atom. The van der Waals surface area contributed by atoms with Gasteiger partial charge < -0.3 is 5.73 Å². The molecule has 0 unspecified atom stereocenters. The Morgan fingerprint density at radius 2 is 2.00 bits per heavy atom. The van der Waals surface area contributed by atoms with Crippen LogP contribution in [0.25, 0.3) is 0 Å². The first-order valence-corrected chi connectivity index (χ1v) is 7.89. The predicted octanol–water partition coefficient (Wildman–Crippen LogP) is 0.455. The Kier molecular flexibility index (Phi) is 3.45. The Hall–Kier alpha value is -0.620. The lowest BCUT2D eigenvalue weighted by Gasteiger charge is -2.31. The average molecular weight is 260 g/mol. The van der Waals surface area contributed by atoms with Gasteiger partial charge in [0, 0.05) is 6.04 Å². The number of hydrogen-bond donors (Lipinski definition) is 1. The lowest BCUT2D eigenvalue weighted by Crippen LogP contribution is -2.48. The van der Waals surface area contributed by atoms with Gasteiger partial charge in [-0.15, -0.1) is 0 Å². The molecule has 0 aromatic rings. The van der Waals surface area contributed by atoms with E-state index in [1.165, 1.54) is 4.31 Å². The van der Waals surface area contributed by atoms with Crippen LogP contribution < -0.4 is 5.73 Å². The lowest BCUT2D eigenvalue weighted by molar-refractivity contribution is -0.121. The van der Waals surface area contributed by atoms with Crippen molar-refractivity contribution in [3.8, 4) is 0 Å². The molecule has 1 aliphatic carbocycles. The van der Waals surface area contributed by atoms with Crippen molar-refractivity contribution < 1.29 is 13.2 Å². The van der Waals surface area contributed by atoms with Crippen LogP contribution in [0, 0.1) is 5.92 Å². The van der Waals surface area contributed by atoms with Crippen molar-refractivity contribution in [1.82, 2.24) is 4.31 Å². The largest absolute Gasteiger partial charge is 0.368 e. The Bertz CT molecular complexity index is 407. The second-order valence-corrected chi connectivity index (χ2v) is 7.16. The minimum Gasteiger partial charge on any atom is -0.368 e. The molecule has 3 atom stereocenters. The van der Waals surface area contributed by atoms with Crippen LogP contribution in [0.15, 0.2) is 0 Å². The molecule has 0 radical (unpaired) electrons. The first kappa shape index (κ1) is 12.8. The van der Waals surface area contributed by atoms with Crippen molar-refractivity contribution in [3.63, 3.8) is 0 Å². The summed E-state index contributed by atoms with van der Waals surface area (Å²) in [6.07, 6.45) is 4.67. The molecule has 2 aliphatic rings. The molecule has 0 aromatic heterocycles. The molecule has 1 saturated heterocycles. The van der Waals surface area contributed by atoms with Crippen LogP contribution in [-0.4, -0.2) is 36.5 Å². The third-order valence-electron chi connectivity index (χ3n) is 4.04. The zero-order chi connectivity index (χ0) is 12.6. The van der Waals surface area contributed by atoms with Gasteiger partial charge in [0.15, 0.2) is 0 Å². The first-order valence-electron chi connectivity index (χ1n) is 6.28. The predicted molar refractivity (Wildman–Crippen MR) is 64.6 cm³/mol. The number of nitrogens with two attached hydrogens (primary N) is 1. The van der Waals surface area contributed by atoms with E-state index in [1.807, 2.05) is 0 Å². The van der Waals surface area contributed by atoms with Crippen LogP contribution in [-0.2, 0) is 14.8 Å². The zero-order valence-electron chi connectivity index (χ0n) is 10.1. The van der Waals surface area contributed by atoms with E-state index < -0.39 is 22.0 Å². The third-order valence-corrected chi connectivity index (χ3v) is 5.94. The van der Waals surface area contributed by atoms with Gasteiger partial charge in [-0.05, 0) is 32.1 Å². The fourth-order valence-corrected chi connectivity index (χ4v) is 4.78. The van der Waals surface area contributed by atoms with E-state index in [0.29, 0.717) is 12.3 Å². The number of carbonyl (C=O) groups is 1. The molecule has 1 heterocycles. The zero-order valence-corrected chi connectivity index (χ0v) is 10.9. The van der Waals surface area contributed by atoms with Gasteiger partial charge in [-0.25, -0.2) is 8.42 Å². The highest BCUT2D eigenvalue weighted by molar-refractivity contribution is 7.89. The van der Waals surface area contributed by atoms with Crippen LogP contribution >= 0.6 is 0 Å². The lowest BCUT2D eigenvalue weighted by atomic mass is 9.85. The molecule has 2 rings (SSSR count). The van der Waals surface area contributed by atoms with E-state index in [4.69, 9.17) is 5.73 Å². The highest BCUT2D eigenvalue weighted by atomic mass is 32.2. The molecular formula is C11H20N2O3S. The normalized spacial score (nSPS) is 34.5. The Morgan fingerprint density at radius 1 is 1.35 bits per heavy atom. The van der Waals surface area contributed by atoms with Crippen molar-refractivity contribution >= 4 is 15.9 Å². The molecule has 2 fully saturated rings. The SMILES string of the molecule is CCS(=O)(=O)N1[C@@H]2CCCC[C@H]2C[C@H]1C(N)=O.